The minimum atomic E-state index is -0.585. The Morgan fingerprint density at radius 1 is 1.00 bits per heavy atom. The van der Waals surface area contributed by atoms with Crippen LogP contribution in [-0.2, 0) is 12.8 Å². The second-order valence-electron chi connectivity index (χ2n) is 5.79. The molecule has 2 aromatic rings. The van der Waals surface area contributed by atoms with E-state index in [0.29, 0.717) is 35.4 Å². The van der Waals surface area contributed by atoms with Gasteiger partial charge in [0.1, 0.15) is 10.3 Å². The number of nitro groups is 2. The highest BCUT2D eigenvalue weighted by molar-refractivity contribution is 6.29. The Hall–Kier alpha value is -3.24. The van der Waals surface area contributed by atoms with Crippen molar-refractivity contribution in [1.82, 2.24) is 15.3 Å². The monoisotopic (exact) mass is 454 g/mol. The van der Waals surface area contributed by atoms with E-state index in [1.54, 1.807) is 30.5 Å². The average Bonchev–Trinajstić information content (AvgIpc) is 2.65. The summed E-state index contributed by atoms with van der Waals surface area (Å²) in [5.41, 5.74) is 7.79. The third kappa shape index (κ3) is 10.9. The molecule has 0 radical (unpaired) electrons. The van der Waals surface area contributed by atoms with Gasteiger partial charge in [-0.3, -0.25) is 20.2 Å². The van der Waals surface area contributed by atoms with Crippen LogP contribution in [0.15, 0.2) is 60.5 Å². The molecule has 0 spiro atoms. The molecule has 10 nitrogen and oxygen atoms in total. The lowest BCUT2D eigenvalue weighted by molar-refractivity contribution is -0.403. The molecule has 3 N–H and O–H groups in total. The van der Waals surface area contributed by atoms with E-state index in [1.807, 2.05) is 6.92 Å². The number of nitrogens with one attached hydrogen (secondary N) is 1. The molecule has 160 valence electrons. The van der Waals surface area contributed by atoms with Gasteiger partial charge < -0.3 is 11.1 Å². The lowest BCUT2D eigenvalue weighted by Crippen LogP contribution is -2.15. The van der Waals surface area contributed by atoms with Crippen LogP contribution in [0.2, 0.25) is 10.3 Å². The zero-order chi connectivity index (χ0) is 22.5. The van der Waals surface area contributed by atoms with Gasteiger partial charge in [-0.15, -0.1) is 0 Å². The fraction of sp³-hybridized carbons (Fsp3) is 0.222. The normalized spacial score (nSPS) is 11.3. The lowest BCUT2D eigenvalue weighted by Gasteiger charge is -2.05. The number of nitrogens with zero attached hydrogens (tertiary/aromatic N) is 4. The van der Waals surface area contributed by atoms with Gasteiger partial charge in [0, 0.05) is 31.8 Å². The molecule has 12 heteroatoms. The molecule has 0 atom stereocenters. The summed E-state index contributed by atoms with van der Waals surface area (Å²) in [5.74, 6) is 0. The van der Waals surface area contributed by atoms with Gasteiger partial charge in [-0.05, 0) is 30.2 Å². The first kappa shape index (κ1) is 24.8. The summed E-state index contributed by atoms with van der Waals surface area (Å²) in [5, 5.41) is 24.2. The molecule has 0 amide bonds. The molecule has 0 aliphatic rings. The van der Waals surface area contributed by atoms with Gasteiger partial charge >= 0.3 is 0 Å². The highest BCUT2D eigenvalue weighted by Crippen LogP contribution is 2.09. The Labute approximate surface area is 182 Å². The van der Waals surface area contributed by atoms with Crippen molar-refractivity contribution in [2.24, 2.45) is 5.73 Å². The number of hydrogen-bond donors (Lipinski definition) is 2. The molecule has 2 rings (SSSR count). The van der Waals surface area contributed by atoms with Crippen molar-refractivity contribution in [3.8, 4) is 0 Å². The van der Waals surface area contributed by atoms with Crippen molar-refractivity contribution >= 4 is 23.2 Å². The Balaban J connectivity index is 0.000000303. The number of hydrogen-bond acceptors (Lipinski definition) is 8. The number of allylic oxidation sites excluding steroid dienone is 2. The summed E-state index contributed by atoms with van der Waals surface area (Å²) in [4.78, 5) is 27.1. The average molecular weight is 455 g/mol. The number of halogens is 2. The standard InChI is InChI=1S/C10H12ClN3O2.C8H8ClN3O2/c1-2-12-9(7-14(15)16)5-8-3-4-10(11)13-6-8;9-8-2-1-6(4-11-8)3-7(10)5-12(13)14/h3-4,6-7,12H,2,5H2,1H3;1-2,4-5H,3,10H2/b9-7-;7-5-. The number of aromatic nitrogens is 2. The van der Waals surface area contributed by atoms with Crippen LogP contribution in [0.4, 0.5) is 0 Å². The van der Waals surface area contributed by atoms with Gasteiger partial charge in [0.2, 0.25) is 0 Å². The Bertz CT molecular complexity index is 902. The van der Waals surface area contributed by atoms with Gasteiger partial charge in [0.25, 0.3) is 12.4 Å². The van der Waals surface area contributed by atoms with Crippen molar-refractivity contribution in [3.05, 3.63) is 102 Å². The van der Waals surface area contributed by atoms with Crippen molar-refractivity contribution in [2.75, 3.05) is 6.54 Å². The van der Waals surface area contributed by atoms with Gasteiger partial charge in [-0.2, -0.15) is 0 Å². The maximum atomic E-state index is 10.4. The third-order valence-corrected chi connectivity index (χ3v) is 3.76. The molecule has 0 aliphatic carbocycles. The zero-order valence-corrected chi connectivity index (χ0v) is 17.5. The molecule has 0 saturated heterocycles. The zero-order valence-electron chi connectivity index (χ0n) is 16.0. The molecule has 0 saturated carbocycles. The largest absolute Gasteiger partial charge is 0.397 e. The van der Waals surface area contributed by atoms with Gasteiger partial charge in [-0.25, -0.2) is 9.97 Å². The first-order valence-electron chi connectivity index (χ1n) is 8.58. The fourth-order valence-electron chi connectivity index (χ4n) is 2.17. The van der Waals surface area contributed by atoms with Crippen molar-refractivity contribution < 1.29 is 9.85 Å². The molecule has 0 aliphatic heterocycles. The van der Waals surface area contributed by atoms with Gasteiger partial charge in [-0.1, -0.05) is 35.3 Å². The van der Waals surface area contributed by atoms with Gasteiger partial charge in [0.05, 0.1) is 21.2 Å². The van der Waals surface area contributed by atoms with E-state index in [1.165, 1.54) is 6.20 Å². The lowest BCUT2D eigenvalue weighted by atomic mass is 10.2. The maximum Gasteiger partial charge on any atom is 0.253 e. The summed E-state index contributed by atoms with van der Waals surface area (Å²) in [6, 6.07) is 6.78. The predicted molar refractivity (Wildman–Crippen MR) is 114 cm³/mol. The van der Waals surface area contributed by atoms with E-state index in [-0.39, 0.29) is 5.70 Å². The van der Waals surface area contributed by atoms with Crippen molar-refractivity contribution in [2.45, 2.75) is 19.8 Å². The summed E-state index contributed by atoms with van der Waals surface area (Å²) in [7, 11) is 0. The van der Waals surface area contributed by atoms with E-state index in [9.17, 15) is 20.2 Å². The first-order valence-corrected chi connectivity index (χ1v) is 9.33. The first-order chi connectivity index (χ1) is 14.2. The maximum absolute atomic E-state index is 10.4. The predicted octanol–water partition coefficient (Wildman–Crippen LogP) is 3.36. The Morgan fingerprint density at radius 2 is 1.50 bits per heavy atom. The van der Waals surface area contributed by atoms with E-state index in [2.05, 4.69) is 15.3 Å². The second kappa shape index (κ2) is 13.1. The van der Waals surface area contributed by atoms with Crippen LogP contribution in [0.5, 0.6) is 0 Å². The number of nitrogens with two attached hydrogens (primary N) is 1. The molecule has 0 bridgehead atoms. The van der Waals surface area contributed by atoms with Gasteiger partial charge in [0.15, 0.2) is 0 Å². The summed E-state index contributed by atoms with van der Waals surface area (Å²) in [6.45, 7) is 2.52. The molecular weight excluding hydrogens is 435 g/mol. The molecule has 0 fully saturated rings. The van der Waals surface area contributed by atoms with Crippen LogP contribution in [0.1, 0.15) is 18.1 Å². The fourth-order valence-corrected chi connectivity index (χ4v) is 2.39. The van der Waals surface area contributed by atoms with Crippen LogP contribution in [0.25, 0.3) is 0 Å². The molecule has 2 aromatic heterocycles. The number of pyridine rings is 2. The van der Waals surface area contributed by atoms with Crippen LogP contribution in [0, 0.1) is 20.2 Å². The minimum Gasteiger partial charge on any atom is -0.397 e. The van der Waals surface area contributed by atoms with Crippen molar-refractivity contribution in [3.63, 3.8) is 0 Å². The quantitative estimate of drug-likeness (QED) is 0.349. The Kier molecular flexibility index (Phi) is 10.8. The molecule has 2 heterocycles. The van der Waals surface area contributed by atoms with E-state index < -0.39 is 9.85 Å². The van der Waals surface area contributed by atoms with E-state index in [4.69, 9.17) is 28.9 Å². The number of rotatable bonds is 8. The van der Waals surface area contributed by atoms with Crippen LogP contribution in [0.3, 0.4) is 0 Å². The highest BCUT2D eigenvalue weighted by atomic mass is 35.5. The number of likely N-dealkylation sites (N-methyl/N-ethyl adjacent to an activating group) is 1. The highest BCUT2D eigenvalue weighted by Gasteiger charge is 2.04. The summed E-state index contributed by atoms with van der Waals surface area (Å²) in [6.07, 6.45) is 5.62. The molecule has 30 heavy (non-hydrogen) atoms. The third-order valence-electron chi connectivity index (χ3n) is 3.32. The second-order valence-corrected chi connectivity index (χ2v) is 6.57. The van der Waals surface area contributed by atoms with Crippen LogP contribution < -0.4 is 11.1 Å². The topological polar surface area (TPSA) is 150 Å². The molecule has 0 unspecified atom stereocenters. The van der Waals surface area contributed by atoms with E-state index in [0.717, 1.165) is 23.5 Å². The minimum absolute atomic E-state index is 0.180. The molecule has 0 aromatic carbocycles. The smallest absolute Gasteiger partial charge is 0.253 e. The van der Waals surface area contributed by atoms with Crippen LogP contribution in [-0.4, -0.2) is 26.4 Å². The summed E-state index contributed by atoms with van der Waals surface area (Å²) < 4.78 is 0. The summed E-state index contributed by atoms with van der Waals surface area (Å²) >= 11 is 11.2. The van der Waals surface area contributed by atoms with E-state index >= 15 is 0 Å². The SMILES string of the molecule is CCN/C(=C\[N+](=O)[O-])Cc1ccc(Cl)nc1.N/C(=C\[N+](=O)[O-])Cc1ccc(Cl)nc1. The van der Waals surface area contributed by atoms with Crippen molar-refractivity contribution in [1.29, 1.82) is 0 Å². The van der Waals surface area contributed by atoms with Crippen LogP contribution >= 0.6 is 23.2 Å². The Morgan fingerprint density at radius 3 is 1.90 bits per heavy atom. The molecular formula is C18H20Cl2N6O4.